The molecule has 1 aromatic carbocycles. The van der Waals surface area contributed by atoms with Crippen molar-refractivity contribution in [3.8, 4) is 5.75 Å². The summed E-state index contributed by atoms with van der Waals surface area (Å²) in [7, 11) is 1.72. The van der Waals surface area contributed by atoms with E-state index in [2.05, 4.69) is 39.8 Å². The fraction of sp³-hybridized carbons (Fsp3) is 0.600. The van der Waals surface area contributed by atoms with E-state index in [1.165, 1.54) is 16.7 Å². The Kier molecular flexibility index (Phi) is 4.58. The van der Waals surface area contributed by atoms with Gasteiger partial charge in [-0.15, -0.1) is 0 Å². The van der Waals surface area contributed by atoms with Crippen molar-refractivity contribution in [2.24, 2.45) is 5.73 Å². The second kappa shape index (κ2) is 5.54. The van der Waals surface area contributed by atoms with E-state index in [1.54, 1.807) is 7.11 Å². The highest BCUT2D eigenvalue weighted by molar-refractivity contribution is 5.41. The van der Waals surface area contributed by atoms with Gasteiger partial charge in [0.25, 0.3) is 0 Å². The van der Waals surface area contributed by atoms with Gasteiger partial charge in [0.1, 0.15) is 5.75 Å². The largest absolute Gasteiger partial charge is 0.496 e. The van der Waals surface area contributed by atoms with Crippen LogP contribution in [0.3, 0.4) is 0 Å². The van der Waals surface area contributed by atoms with Gasteiger partial charge in [-0.25, -0.2) is 0 Å². The number of aryl methyl sites for hydroxylation is 3. The summed E-state index contributed by atoms with van der Waals surface area (Å²) < 4.78 is 5.32. The Bertz CT molecular complexity index is 377. The number of hydrogen-bond acceptors (Lipinski definition) is 2. The highest BCUT2D eigenvalue weighted by atomic mass is 16.5. The summed E-state index contributed by atoms with van der Waals surface area (Å²) in [5.41, 5.74) is 9.86. The van der Waals surface area contributed by atoms with Crippen LogP contribution in [0, 0.1) is 13.8 Å². The molecule has 96 valence electrons. The topological polar surface area (TPSA) is 35.2 Å². The molecule has 0 heterocycles. The molecule has 1 rings (SSSR count). The first kappa shape index (κ1) is 14.0. The van der Waals surface area contributed by atoms with E-state index in [0.29, 0.717) is 0 Å². The highest BCUT2D eigenvalue weighted by Gasteiger charge is 2.11. The lowest BCUT2D eigenvalue weighted by Crippen LogP contribution is -2.31. The molecule has 17 heavy (non-hydrogen) atoms. The van der Waals surface area contributed by atoms with E-state index in [-0.39, 0.29) is 5.54 Å². The van der Waals surface area contributed by atoms with Crippen molar-refractivity contribution < 1.29 is 4.74 Å². The number of ether oxygens (including phenoxy) is 1. The van der Waals surface area contributed by atoms with Crippen molar-refractivity contribution in [1.29, 1.82) is 0 Å². The molecule has 0 amide bonds. The van der Waals surface area contributed by atoms with E-state index in [9.17, 15) is 0 Å². The molecule has 2 heteroatoms. The Hall–Kier alpha value is -1.02. The predicted molar refractivity (Wildman–Crippen MR) is 73.7 cm³/mol. The minimum atomic E-state index is -0.0601. The van der Waals surface area contributed by atoms with Gasteiger partial charge in [0.15, 0.2) is 0 Å². The van der Waals surface area contributed by atoms with Crippen molar-refractivity contribution in [3.05, 3.63) is 28.8 Å². The fourth-order valence-corrected chi connectivity index (χ4v) is 2.07. The van der Waals surface area contributed by atoms with E-state index in [0.717, 1.165) is 25.0 Å². The minimum Gasteiger partial charge on any atom is -0.496 e. The van der Waals surface area contributed by atoms with Crippen LogP contribution in [0.5, 0.6) is 5.75 Å². The Morgan fingerprint density at radius 1 is 1.18 bits per heavy atom. The third-order valence-corrected chi connectivity index (χ3v) is 3.12. The summed E-state index contributed by atoms with van der Waals surface area (Å²) in [6.07, 6.45) is 3.28. The quantitative estimate of drug-likeness (QED) is 0.849. The number of methoxy groups -OCH3 is 1. The van der Waals surface area contributed by atoms with Gasteiger partial charge < -0.3 is 10.5 Å². The first-order valence-corrected chi connectivity index (χ1v) is 6.26. The molecule has 2 nitrogen and oxygen atoms in total. The van der Waals surface area contributed by atoms with Crippen LogP contribution >= 0.6 is 0 Å². The molecule has 2 N–H and O–H groups in total. The van der Waals surface area contributed by atoms with Gasteiger partial charge in [-0.1, -0.05) is 6.07 Å². The molecule has 0 saturated carbocycles. The van der Waals surface area contributed by atoms with E-state index < -0.39 is 0 Å². The first-order chi connectivity index (χ1) is 7.83. The summed E-state index contributed by atoms with van der Waals surface area (Å²) >= 11 is 0. The zero-order chi connectivity index (χ0) is 13.1. The van der Waals surface area contributed by atoms with Crippen LogP contribution in [0.25, 0.3) is 0 Å². The number of nitrogens with two attached hydrogens (primary N) is 1. The second-order valence-electron chi connectivity index (χ2n) is 5.59. The van der Waals surface area contributed by atoms with Gasteiger partial charge in [0, 0.05) is 5.54 Å². The lowest BCUT2D eigenvalue weighted by atomic mass is 9.94. The lowest BCUT2D eigenvalue weighted by molar-refractivity contribution is 0.411. The average molecular weight is 235 g/mol. The van der Waals surface area contributed by atoms with Crippen LogP contribution in [0.15, 0.2) is 12.1 Å². The normalized spacial score (nSPS) is 11.6. The molecule has 0 radical (unpaired) electrons. The van der Waals surface area contributed by atoms with Crippen molar-refractivity contribution in [2.45, 2.75) is 52.5 Å². The van der Waals surface area contributed by atoms with Gasteiger partial charge in [-0.2, -0.15) is 0 Å². The maximum Gasteiger partial charge on any atom is 0.122 e. The van der Waals surface area contributed by atoms with Crippen molar-refractivity contribution in [3.63, 3.8) is 0 Å². The monoisotopic (exact) mass is 235 g/mol. The van der Waals surface area contributed by atoms with Crippen LogP contribution in [0.1, 0.15) is 43.4 Å². The Morgan fingerprint density at radius 2 is 1.82 bits per heavy atom. The summed E-state index contributed by atoms with van der Waals surface area (Å²) in [5.74, 6) is 0.977. The Morgan fingerprint density at radius 3 is 2.35 bits per heavy atom. The molecule has 0 spiro atoms. The molecule has 0 atom stereocenters. The van der Waals surface area contributed by atoms with Crippen LogP contribution < -0.4 is 10.5 Å². The van der Waals surface area contributed by atoms with Gasteiger partial charge >= 0.3 is 0 Å². The van der Waals surface area contributed by atoms with Gasteiger partial charge in [-0.05, 0) is 69.7 Å². The summed E-state index contributed by atoms with van der Waals surface area (Å²) in [6, 6.07) is 4.36. The second-order valence-corrected chi connectivity index (χ2v) is 5.59. The molecule has 0 bridgehead atoms. The van der Waals surface area contributed by atoms with Crippen LogP contribution in [-0.2, 0) is 6.42 Å². The molecule has 0 unspecified atom stereocenters. The Balaban J connectivity index is 2.69. The zero-order valence-corrected chi connectivity index (χ0v) is 11.8. The van der Waals surface area contributed by atoms with Crippen LogP contribution in [-0.4, -0.2) is 12.6 Å². The summed E-state index contributed by atoms with van der Waals surface area (Å²) in [4.78, 5) is 0. The SMILES string of the molecule is COc1cc(C)c(CCCC(C)(C)N)cc1C. The number of rotatable bonds is 5. The van der Waals surface area contributed by atoms with Gasteiger partial charge in [0.2, 0.25) is 0 Å². The van der Waals surface area contributed by atoms with E-state index in [1.807, 2.05) is 0 Å². The predicted octanol–water partition coefficient (Wildman–Crippen LogP) is 3.37. The van der Waals surface area contributed by atoms with Crippen molar-refractivity contribution in [1.82, 2.24) is 0 Å². The summed E-state index contributed by atoms with van der Waals surface area (Å²) in [5, 5.41) is 0. The maximum absolute atomic E-state index is 5.99. The van der Waals surface area contributed by atoms with Crippen LogP contribution in [0.2, 0.25) is 0 Å². The van der Waals surface area contributed by atoms with E-state index in [4.69, 9.17) is 10.5 Å². The molecule has 0 aliphatic heterocycles. The van der Waals surface area contributed by atoms with Gasteiger partial charge in [0.05, 0.1) is 7.11 Å². The zero-order valence-electron chi connectivity index (χ0n) is 11.8. The molecule has 0 aliphatic carbocycles. The number of benzene rings is 1. The summed E-state index contributed by atoms with van der Waals surface area (Å²) in [6.45, 7) is 8.40. The lowest BCUT2D eigenvalue weighted by Gasteiger charge is -2.18. The molecule has 0 aromatic heterocycles. The van der Waals surface area contributed by atoms with Crippen molar-refractivity contribution >= 4 is 0 Å². The highest BCUT2D eigenvalue weighted by Crippen LogP contribution is 2.24. The molecular formula is C15H25NO. The third kappa shape index (κ3) is 4.39. The van der Waals surface area contributed by atoms with Crippen LogP contribution in [0.4, 0.5) is 0 Å². The molecule has 1 aromatic rings. The smallest absolute Gasteiger partial charge is 0.122 e. The standard InChI is InChI=1S/C15H25NO/c1-11-10-14(17-5)12(2)9-13(11)7-6-8-15(3,4)16/h9-10H,6-8,16H2,1-5H3. The number of hydrogen-bond donors (Lipinski definition) is 1. The Labute approximate surface area is 105 Å². The molecule has 0 fully saturated rings. The first-order valence-electron chi connectivity index (χ1n) is 6.26. The molecular weight excluding hydrogens is 210 g/mol. The maximum atomic E-state index is 5.99. The van der Waals surface area contributed by atoms with E-state index >= 15 is 0 Å². The van der Waals surface area contributed by atoms with Crippen molar-refractivity contribution in [2.75, 3.05) is 7.11 Å². The fourth-order valence-electron chi connectivity index (χ4n) is 2.07. The average Bonchev–Trinajstić information content (AvgIpc) is 2.20. The van der Waals surface area contributed by atoms with Gasteiger partial charge in [-0.3, -0.25) is 0 Å². The minimum absolute atomic E-state index is 0.0601. The third-order valence-electron chi connectivity index (χ3n) is 3.12. The molecule has 0 saturated heterocycles. The molecule has 0 aliphatic rings.